The molecule has 0 spiro atoms. The van der Waals surface area contributed by atoms with Crippen LogP contribution in [0.5, 0.6) is 11.5 Å². The fourth-order valence-electron chi connectivity index (χ4n) is 7.37. The van der Waals surface area contributed by atoms with Crippen LogP contribution in [0.3, 0.4) is 0 Å². The second kappa shape index (κ2) is 20.9. The van der Waals surface area contributed by atoms with Gasteiger partial charge in [-0.1, -0.05) is 87.3 Å². The first-order chi connectivity index (χ1) is 25.3. The van der Waals surface area contributed by atoms with Crippen LogP contribution in [-0.4, -0.2) is 96.3 Å². The van der Waals surface area contributed by atoms with Crippen molar-refractivity contribution in [1.82, 2.24) is 9.80 Å². The first-order valence-electron chi connectivity index (χ1n) is 20.2. The number of aliphatic imine (C=N–C) groups is 3. The number of esters is 1. The van der Waals surface area contributed by atoms with Crippen molar-refractivity contribution in [2.24, 2.45) is 15.0 Å². The van der Waals surface area contributed by atoms with E-state index < -0.39 is 0 Å². The summed E-state index contributed by atoms with van der Waals surface area (Å²) in [4.78, 5) is 29.5. The first kappa shape index (κ1) is 48.8. The van der Waals surface area contributed by atoms with Crippen molar-refractivity contribution in [3.63, 3.8) is 0 Å². The quantitative estimate of drug-likeness (QED) is 0.156. The number of guanidine groups is 1. The van der Waals surface area contributed by atoms with Crippen molar-refractivity contribution in [2.75, 3.05) is 39.8 Å². The van der Waals surface area contributed by atoms with Crippen LogP contribution >= 0.6 is 0 Å². The predicted octanol–water partition coefficient (Wildman–Crippen LogP) is 9.17. The summed E-state index contributed by atoms with van der Waals surface area (Å²) >= 11 is 0. The van der Waals surface area contributed by atoms with Gasteiger partial charge < -0.3 is 32.2 Å². The van der Waals surface area contributed by atoms with Crippen molar-refractivity contribution in [2.45, 2.75) is 149 Å². The van der Waals surface area contributed by atoms with E-state index in [2.05, 4.69) is 101 Å². The van der Waals surface area contributed by atoms with Crippen molar-refractivity contribution < 1.29 is 36.5 Å². The van der Waals surface area contributed by atoms with Crippen LogP contribution in [0.4, 0.5) is 0 Å². The number of aromatic hydroxyl groups is 2. The van der Waals surface area contributed by atoms with Gasteiger partial charge >= 0.3 is 5.97 Å². The predicted molar refractivity (Wildman–Crippen MR) is 231 cm³/mol. The molecule has 1 radical (unpaired) electrons. The summed E-state index contributed by atoms with van der Waals surface area (Å²) in [7, 11) is 1.35. The monoisotopic (exact) mass is 817 g/mol. The van der Waals surface area contributed by atoms with Crippen LogP contribution in [0, 0.1) is 7.43 Å². The number of aryl methyl sites for hydroxylation is 1. The van der Waals surface area contributed by atoms with Gasteiger partial charge in [0.25, 0.3) is 0 Å². The average molecular weight is 818 g/mol. The summed E-state index contributed by atoms with van der Waals surface area (Å²) in [5.74, 6) is 1.60. The minimum Gasteiger partial charge on any atom is -0.507 e. The minimum absolute atomic E-state index is 0. The largest absolute Gasteiger partial charge is 0.507 e. The molecule has 2 aliphatic heterocycles. The molecule has 3 aliphatic rings. The summed E-state index contributed by atoms with van der Waals surface area (Å²) in [5.41, 5.74) is 5.64. The van der Waals surface area contributed by atoms with Crippen LogP contribution in [0.15, 0.2) is 39.2 Å². The Hall–Kier alpha value is -3.37. The number of fused-ring (bicyclic) bond motifs is 1. The van der Waals surface area contributed by atoms with Gasteiger partial charge in [-0.2, -0.15) is 0 Å². The van der Waals surface area contributed by atoms with E-state index >= 15 is 0 Å². The SMILES string of the molecule is CC(C)(C)c1cc(C=N[C@H]2CCCC[C@@H]2N=Cc2cc(C(C)(C)C)cc(C(C)(C)C)c2O)c(O)c(CCCN2CCCN3CCCN=C32)c1.COC(C)=O.[CH3-].[Co]. The number of carbonyl (C=O) groups is 1. The van der Waals surface area contributed by atoms with E-state index in [4.69, 9.17) is 15.0 Å². The van der Waals surface area contributed by atoms with E-state index in [1.807, 2.05) is 12.4 Å². The number of benzene rings is 2. The molecule has 1 aliphatic carbocycles. The number of nitrogens with zero attached hydrogens (tertiary/aromatic N) is 5. The Bertz CT molecular complexity index is 1680. The standard InChI is InChI=1S/C42H63N5O2.C3H6O2.CH3.Co/c1-40(2,3)32-23-29(15-12-19-46-21-14-22-47-20-13-18-43-39(46)47)37(48)30(24-32)27-44-35-16-10-11-17-36(35)45-28-31-25-33(41(4,5)6)26-34(38(31)49)42(7,8)9;1-3(4)5-2;;/h23-28,35-36,48-49H,10-22H2,1-9H3;1-2H3;1H3;/q;;-1;/t35-,36-;;;/m0.../s1. The zero-order valence-electron chi connectivity index (χ0n) is 36.6. The first-order valence-corrected chi connectivity index (χ1v) is 20.2. The molecule has 2 atom stereocenters. The van der Waals surface area contributed by atoms with Gasteiger partial charge in [-0.3, -0.25) is 19.8 Å². The summed E-state index contributed by atoms with van der Waals surface area (Å²) in [6.45, 7) is 26.3. The summed E-state index contributed by atoms with van der Waals surface area (Å²) in [5, 5.41) is 22.9. The molecule has 0 amide bonds. The van der Waals surface area contributed by atoms with Crippen molar-refractivity contribution >= 4 is 24.4 Å². The zero-order chi connectivity index (χ0) is 39.8. The molecule has 1 saturated carbocycles. The molecule has 0 aromatic heterocycles. The molecule has 9 nitrogen and oxygen atoms in total. The van der Waals surface area contributed by atoms with E-state index in [0.717, 1.165) is 99.9 Å². The third-order valence-corrected chi connectivity index (χ3v) is 10.8. The van der Waals surface area contributed by atoms with Gasteiger partial charge in [-0.15, -0.1) is 0 Å². The van der Waals surface area contributed by atoms with Crippen molar-refractivity contribution in [3.8, 4) is 11.5 Å². The second-order valence-corrected chi connectivity index (χ2v) is 18.4. The maximum Gasteiger partial charge on any atom is 0.302 e. The Morgan fingerprint density at radius 3 is 1.84 bits per heavy atom. The van der Waals surface area contributed by atoms with Crippen LogP contribution in [0.2, 0.25) is 0 Å². The van der Waals surface area contributed by atoms with Crippen LogP contribution in [0.1, 0.15) is 148 Å². The topological polar surface area (TPSA) is 110 Å². The number of rotatable bonds is 8. The fraction of sp³-hybridized carbons (Fsp3) is 0.630. The Labute approximate surface area is 349 Å². The van der Waals surface area contributed by atoms with Gasteiger partial charge in [0.15, 0.2) is 5.96 Å². The summed E-state index contributed by atoms with van der Waals surface area (Å²) in [6.07, 6.45) is 12.0. The molecule has 0 bridgehead atoms. The smallest absolute Gasteiger partial charge is 0.302 e. The molecule has 2 aromatic rings. The van der Waals surface area contributed by atoms with Crippen molar-refractivity contribution in [1.29, 1.82) is 0 Å². The maximum absolute atomic E-state index is 11.6. The summed E-state index contributed by atoms with van der Waals surface area (Å²) < 4.78 is 4.11. The van der Waals surface area contributed by atoms with Gasteiger partial charge in [0.2, 0.25) is 0 Å². The van der Waals surface area contributed by atoms with E-state index in [0.29, 0.717) is 11.5 Å². The van der Waals surface area contributed by atoms with Crippen LogP contribution < -0.4 is 0 Å². The van der Waals surface area contributed by atoms with E-state index in [9.17, 15) is 15.0 Å². The van der Waals surface area contributed by atoms with Crippen molar-refractivity contribution in [3.05, 3.63) is 65.1 Å². The third-order valence-electron chi connectivity index (χ3n) is 10.8. The molecule has 2 fully saturated rings. The fourth-order valence-corrected chi connectivity index (χ4v) is 7.37. The summed E-state index contributed by atoms with van der Waals surface area (Å²) in [6, 6.07) is 8.62. The Balaban J connectivity index is 0.00000145. The van der Waals surface area contributed by atoms with Crippen LogP contribution in [0.25, 0.3) is 0 Å². The minimum atomic E-state index is -0.245. The molecule has 1 saturated heterocycles. The molecule has 0 unspecified atom stereocenters. The van der Waals surface area contributed by atoms with Gasteiger partial charge in [0.05, 0.1) is 19.2 Å². The Morgan fingerprint density at radius 1 is 0.804 bits per heavy atom. The van der Waals surface area contributed by atoms with E-state index in [1.54, 1.807) is 0 Å². The number of ether oxygens (including phenoxy) is 1. The molecule has 2 aromatic carbocycles. The zero-order valence-corrected chi connectivity index (χ0v) is 37.6. The molecule has 2 N–H and O–H groups in total. The van der Waals surface area contributed by atoms with E-state index in [1.165, 1.54) is 37.5 Å². The van der Waals surface area contributed by atoms with E-state index in [-0.39, 0.29) is 58.5 Å². The number of hydrogen-bond acceptors (Lipinski definition) is 9. The molecule has 315 valence electrons. The molecule has 2 heterocycles. The normalized spacial score (nSPS) is 19.0. The third kappa shape index (κ3) is 13.4. The average Bonchev–Trinajstić information content (AvgIpc) is 3.10. The number of methoxy groups -OCH3 is 1. The Kier molecular flexibility index (Phi) is 18.2. The molecular formula is C46H72CoN5O4-. The molecule has 10 heteroatoms. The number of phenolic OH excluding ortho intramolecular Hbond substituents is 2. The van der Waals surface area contributed by atoms with Gasteiger partial charge in [0.1, 0.15) is 11.5 Å². The Morgan fingerprint density at radius 2 is 1.32 bits per heavy atom. The second-order valence-electron chi connectivity index (χ2n) is 18.4. The van der Waals surface area contributed by atoms with Crippen LogP contribution in [-0.2, 0) is 49.0 Å². The van der Waals surface area contributed by atoms with Gasteiger partial charge in [-0.25, -0.2) is 0 Å². The number of phenols is 2. The van der Waals surface area contributed by atoms with Gasteiger partial charge in [0, 0.05) is 85.5 Å². The number of hydrogen-bond donors (Lipinski definition) is 2. The molecular weight excluding hydrogens is 745 g/mol. The van der Waals surface area contributed by atoms with Gasteiger partial charge in [-0.05, 0) is 83.6 Å². The maximum atomic E-state index is 11.6. The molecule has 5 rings (SSSR count). The number of carbonyl (C=O) groups excluding carboxylic acids is 1. The molecule has 56 heavy (non-hydrogen) atoms.